The Balaban J connectivity index is 1.78. The van der Waals surface area contributed by atoms with Crippen LogP contribution < -0.4 is 5.32 Å². The summed E-state index contributed by atoms with van der Waals surface area (Å²) in [4.78, 5) is 8.16. The van der Waals surface area contributed by atoms with Gasteiger partial charge >= 0.3 is 0 Å². The summed E-state index contributed by atoms with van der Waals surface area (Å²) in [5.41, 5.74) is 3.63. The average Bonchev–Trinajstić information content (AvgIpc) is 3.21. The van der Waals surface area contributed by atoms with Crippen LogP contribution in [-0.4, -0.2) is 23.6 Å². The molecular weight excluding hydrogens is 302 g/mol. The van der Waals surface area contributed by atoms with E-state index in [0.717, 1.165) is 18.5 Å². The number of aromatic amines is 1. The van der Waals surface area contributed by atoms with Gasteiger partial charge in [-0.15, -0.1) is 11.3 Å². The number of rotatable bonds is 5. The Bertz CT molecular complexity index is 903. The molecule has 2 heterocycles. The van der Waals surface area contributed by atoms with E-state index in [2.05, 4.69) is 58.8 Å². The lowest BCUT2D eigenvalue weighted by atomic mass is 9.95. The van der Waals surface area contributed by atoms with Crippen LogP contribution in [0.1, 0.15) is 22.9 Å². The van der Waals surface area contributed by atoms with E-state index in [0.29, 0.717) is 5.92 Å². The summed E-state index contributed by atoms with van der Waals surface area (Å²) in [7, 11) is 2.00. The van der Waals surface area contributed by atoms with Crippen molar-refractivity contribution in [2.75, 3.05) is 13.6 Å². The van der Waals surface area contributed by atoms with Crippen LogP contribution in [0.25, 0.3) is 21.1 Å². The Morgan fingerprint density at radius 2 is 2.09 bits per heavy atom. The summed E-state index contributed by atoms with van der Waals surface area (Å²) in [6.07, 6.45) is 3.04. The number of thiazole rings is 1. The third-order valence-corrected chi connectivity index (χ3v) is 5.42. The van der Waals surface area contributed by atoms with Crippen LogP contribution in [0.2, 0.25) is 0 Å². The highest BCUT2D eigenvalue weighted by molar-refractivity contribution is 7.18. The van der Waals surface area contributed by atoms with Gasteiger partial charge in [-0.05, 0) is 61.3 Å². The van der Waals surface area contributed by atoms with Gasteiger partial charge < -0.3 is 10.3 Å². The fourth-order valence-electron chi connectivity index (χ4n) is 3.05. The van der Waals surface area contributed by atoms with Crippen LogP contribution in [0.4, 0.5) is 0 Å². The summed E-state index contributed by atoms with van der Waals surface area (Å²) >= 11 is 1.81. The molecule has 0 fully saturated rings. The second-order valence-corrected chi connectivity index (χ2v) is 6.85. The Kier molecular flexibility index (Phi) is 3.85. The lowest BCUT2D eigenvalue weighted by molar-refractivity contribution is 0.660. The van der Waals surface area contributed by atoms with Crippen molar-refractivity contribution in [1.29, 1.82) is 0 Å². The zero-order valence-electron chi connectivity index (χ0n) is 13.0. The first-order valence-corrected chi connectivity index (χ1v) is 8.74. The topological polar surface area (TPSA) is 40.7 Å². The van der Waals surface area contributed by atoms with E-state index >= 15 is 0 Å². The van der Waals surface area contributed by atoms with Crippen molar-refractivity contribution in [3.63, 3.8) is 0 Å². The van der Waals surface area contributed by atoms with E-state index in [1.807, 2.05) is 24.6 Å². The molecule has 2 aromatic carbocycles. The lowest BCUT2D eigenvalue weighted by Crippen LogP contribution is -2.13. The van der Waals surface area contributed by atoms with E-state index in [1.165, 1.54) is 26.2 Å². The molecule has 0 radical (unpaired) electrons. The largest absolute Gasteiger partial charge is 0.361 e. The quantitative estimate of drug-likeness (QED) is 0.567. The Morgan fingerprint density at radius 3 is 2.96 bits per heavy atom. The highest BCUT2D eigenvalue weighted by Crippen LogP contribution is 2.34. The van der Waals surface area contributed by atoms with Gasteiger partial charge in [0, 0.05) is 17.6 Å². The zero-order valence-corrected chi connectivity index (χ0v) is 13.9. The van der Waals surface area contributed by atoms with E-state index in [1.54, 1.807) is 0 Å². The molecular formula is C19H19N3S. The van der Waals surface area contributed by atoms with Crippen LogP contribution in [0, 0.1) is 0 Å². The van der Waals surface area contributed by atoms with Crippen LogP contribution in [0.15, 0.2) is 54.7 Å². The first-order valence-electron chi connectivity index (χ1n) is 7.92. The van der Waals surface area contributed by atoms with Crippen LogP contribution in [0.3, 0.4) is 0 Å². The van der Waals surface area contributed by atoms with Gasteiger partial charge in [0.25, 0.3) is 0 Å². The SMILES string of the molecule is CNCCC(c1ccc2[nH]ccc2c1)c1nc2ccccc2s1. The molecule has 4 aromatic rings. The Morgan fingerprint density at radius 1 is 1.17 bits per heavy atom. The maximum absolute atomic E-state index is 4.89. The standard InChI is InChI=1S/C19H19N3S/c1-20-10-9-15(13-6-7-16-14(12-13)8-11-21-16)19-22-17-4-2-3-5-18(17)23-19/h2-8,11-12,15,20-21H,9-10H2,1H3. The van der Waals surface area contributed by atoms with Crippen molar-refractivity contribution < 1.29 is 0 Å². The minimum Gasteiger partial charge on any atom is -0.361 e. The monoisotopic (exact) mass is 321 g/mol. The molecule has 0 saturated heterocycles. The second kappa shape index (κ2) is 6.14. The van der Waals surface area contributed by atoms with Gasteiger partial charge in [0.15, 0.2) is 0 Å². The number of benzene rings is 2. The number of fused-ring (bicyclic) bond motifs is 2. The number of nitrogens with zero attached hydrogens (tertiary/aromatic N) is 1. The molecule has 116 valence electrons. The maximum atomic E-state index is 4.89. The molecule has 3 nitrogen and oxygen atoms in total. The molecule has 0 saturated carbocycles. The van der Waals surface area contributed by atoms with E-state index in [-0.39, 0.29) is 0 Å². The van der Waals surface area contributed by atoms with Crippen LogP contribution in [0.5, 0.6) is 0 Å². The maximum Gasteiger partial charge on any atom is 0.101 e. The molecule has 4 rings (SSSR count). The highest BCUT2D eigenvalue weighted by atomic mass is 32.1. The fraction of sp³-hybridized carbons (Fsp3) is 0.211. The van der Waals surface area contributed by atoms with Crippen molar-refractivity contribution >= 4 is 32.5 Å². The van der Waals surface area contributed by atoms with Crippen LogP contribution >= 0.6 is 11.3 Å². The first-order chi connectivity index (χ1) is 11.3. The molecule has 0 aliphatic heterocycles. The van der Waals surface area contributed by atoms with Crippen molar-refractivity contribution in [2.45, 2.75) is 12.3 Å². The molecule has 0 amide bonds. The summed E-state index contributed by atoms with van der Waals surface area (Å²) in [5, 5.41) is 5.74. The second-order valence-electron chi connectivity index (χ2n) is 5.79. The highest BCUT2D eigenvalue weighted by Gasteiger charge is 2.18. The predicted molar refractivity (Wildman–Crippen MR) is 98.3 cm³/mol. The van der Waals surface area contributed by atoms with Gasteiger partial charge in [-0.3, -0.25) is 0 Å². The van der Waals surface area contributed by atoms with Gasteiger partial charge in [-0.2, -0.15) is 0 Å². The van der Waals surface area contributed by atoms with Gasteiger partial charge in [0.2, 0.25) is 0 Å². The summed E-state index contributed by atoms with van der Waals surface area (Å²) in [6.45, 7) is 0.978. The number of aromatic nitrogens is 2. The van der Waals surface area contributed by atoms with Gasteiger partial charge in [-0.1, -0.05) is 18.2 Å². The summed E-state index contributed by atoms with van der Waals surface area (Å²) in [6, 6.07) is 17.2. The number of nitrogens with one attached hydrogen (secondary N) is 2. The minimum absolute atomic E-state index is 0.333. The first kappa shape index (κ1) is 14.4. The Labute approximate surface area is 139 Å². The smallest absolute Gasteiger partial charge is 0.101 e. The number of H-pyrrole nitrogens is 1. The summed E-state index contributed by atoms with van der Waals surface area (Å²) in [5.74, 6) is 0.333. The van der Waals surface area contributed by atoms with Gasteiger partial charge in [-0.25, -0.2) is 4.98 Å². The van der Waals surface area contributed by atoms with Crippen molar-refractivity contribution in [1.82, 2.24) is 15.3 Å². The molecule has 0 spiro atoms. The number of para-hydroxylation sites is 1. The summed E-state index contributed by atoms with van der Waals surface area (Å²) < 4.78 is 1.26. The van der Waals surface area contributed by atoms with Crippen molar-refractivity contribution in [3.05, 3.63) is 65.3 Å². The van der Waals surface area contributed by atoms with E-state index in [9.17, 15) is 0 Å². The molecule has 0 aliphatic carbocycles. The van der Waals surface area contributed by atoms with E-state index in [4.69, 9.17) is 4.98 Å². The molecule has 23 heavy (non-hydrogen) atoms. The molecule has 1 atom stereocenters. The third-order valence-electron chi connectivity index (χ3n) is 4.27. The van der Waals surface area contributed by atoms with Gasteiger partial charge in [0.05, 0.1) is 10.2 Å². The molecule has 2 N–H and O–H groups in total. The number of hydrogen-bond acceptors (Lipinski definition) is 3. The minimum atomic E-state index is 0.333. The number of hydrogen-bond donors (Lipinski definition) is 2. The normalized spacial score (nSPS) is 12.9. The van der Waals surface area contributed by atoms with Crippen molar-refractivity contribution in [3.8, 4) is 0 Å². The molecule has 1 unspecified atom stereocenters. The molecule has 2 aromatic heterocycles. The van der Waals surface area contributed by atoms with Crippen molar-refractivity contribution in [2.24, 2.45) is 0 Å². The molecule has 0 aliphatic rings. The average molecular weight is 321 g/mol. The zero-order chi connectivity index (χ0) is 15.6. The van der Waals surface area contributed by atoms with E-state index < -0.39 is 0 Å². The fourth-order valence-corrected chi connectivity index (χ4v) is 4.18. The predicted octanol–water partition coefficient (Wildman–Crippen LogP) is 4.52. The molecule has 4 heteroatoms. The Hall–Kier alpha value is -2.17. The molecule has 0 bridgehead atoms. The van der Waals surface area contributed by atoms with Gasteiger partial charge in [0.1, 0.15) is 5.01 Å². The third kappa shape index (κ3) is 2.76. The lowest BCUT2D eigenvalue weighted by Gasteiger charge is -2.15. The van der Waals surface area contributed by atoms with Crippen LogP contribution in [-0.2, 0) is 0 Å².